The molecule has 5 rings (SSSR count). The zero-order chi connectivity index (χ0) is 21.1. The van der Waals surface area contributed by atoms with Crippen LogP contribution in [0.1, 0.15) is 12.8 Å². The molecule has 0 unspecified atom stereocenters. The topological polar surface area (TPSA) is 102 Å². The maximum atomic E-state index is 12.4. The number of nitrogens with one attached hydrogen (secondary N) is 2. The van der Waals surface area contributed by atoms with Crippen molar-refractivity contribution in [3.8, 4) is 10.6 Å². The summed E-state index contributed by atoms with van der Waals surface area (Å²) in [5.41, 5.74) is 0.958. The maximum absolute atomic E-state index is 12.4. The molecule has 2 fully saturated rings. The lowest BCUT2D eigenvalue weighted by atomic mass is 10.0. The van der Waals surface area contributed by atoms with Crippen LogP contribution in [0.15, 0.2) is 48.1 Å². The number of nitrogens with zero attached hydrogens (tertiary/aromatic N) is 4. The monoisotopic (exact) mass is 438 g/mol. The molecule has 2 N–H and O–H groups in total. The summed E-state index contributed by atoms with van der Waals surface area (Å²) in [4.78, 5) is 27.7. The Bertz CT molecular complexity index is 1040. The van der Waals surface area contributed by atoms with Gasteiger partial charge in [-0.2, -0.15) is 0 Å². The van der Waals surface area contributed by atoms with E-state index in [4.69, 9.17) is 9.47 Å². The van der Waals surface area contributed by atoms with Crippen LogP contribution in [-0.2, 0) is 9.47 Å². The van der Waals surface area contributed by atoms with E-state index in [0.29, 0.717) is 24.8 Å². The smallest absolute Gasteiger partial charge is 0.326 e. The van der Waals surface area contributed by atoms with E-state index >= 15 is 0 Å². The van der Waals surface area contributed by atoms with Gasteiger partial charge < -0.3 is 14.4 Å². The highest BCUT2D eigenvalue weighted by atomic mass is 32.1. The number of piperidine rings is 1. The molecule has 9 nitrogen and oxygen atoms in total. The Hall–Kier alpha value is -3.08. The molecular formula is C21H22N6O3S. The van der Waals surface area contributed by atoms with Crippen molar-refractivity contribution < 1.29 is 14.3 Å². The number of pyridine rings is 2. The van der Waals surface area contributed by atoms with Crippen LogP contribution in [0.25, 0.3) is 10.6 Å². The number of urea groups is 1. The molecule has 0 bridgehead atoms. The van der Waals surface area contributed by atoms with E-state index < -0.39 is 5.79 Å². The van der Waals surface area contributed by atoms with Crippen LogP contribution in [-0.4, -0.2) is 53.1 Å². The van der Waals surface area contributed by atoms with E-state index in [9.17, 15) is 4.79 Å². The first-order chi connectivity index (χ1) is 15.2. The number of ether oxygens (including phenoxy) is 2. The minimum Gasteiger partial charge on any atom is -0.356 e. The Labute approximate surface area is 183 Å². The van der Waals surface area contributed by atoms with E-state index in [-0.39, 0.29) is 6.03 Å². The molecule has 1 spiro atoms. The van der Waals surface area contributed by atoms with Gasteiger partial charge >= 0.3 is 6.03 Å². The Morgan fingerprint density at radius 1 is 1.00 bits per heavy atom. The fourth-order valence-corrected chi connectivity index (χ4v) is 4.51. The number of carbonyl (C=O) groups is 1. The molecule has 2 aliphatic heterocycles. The minimum atomic E-state index is -0.422. The third-order valence-corrected chi connectivity index (χ3v) is 6.20. The molecule has 10 heteroatoms. The fraction of sp³-hybridized carbons (Fsp3) is 0.333. The van der Waals surface area contributed by atoms with Gasteiger partial charge in [0, 0.05) is 49.3 Å². The van der Waals surface area contributed by atoms with Crippen molar-refractivity contribution in [3.05, 3.63) is 48.1 Å². The summed E-state index contributed by atoms with van der Waals surface area (Å²) in [7, 11) is 0. The largest absolute Gasteiger partial charge is 0.356 e. The summed E-state index contributed by atoms with van der Waals surface area (Å²) in [6, 6.07) is 8.97. The number of thiazole rings is 1. The number of rotatable bonds is 4. The van der Waals surface area contributed by atoms with Gasteiger partial charge in [0.1, 0.15) is 22.5 Å². The van der Waals surface area contributed by atoms with Crippen molar-refractivity contribution in [1.29, 1.82) is 0 Å². The van der Waals surface area contributed by atoms with Crippen LogP contribution in [0.4, 0.5) is 22.2 Å². The molecule has 0 aromatic carbocycles. The average molecular weight is 439 g/mol. The predicted octanol–water partition coefficient (Wildman–Crippen LogP) is 3.59. The molecule has 2 saturated heterocycles. The third kappa shape index (κ3) is 4.50. The molecule has 160 valence electrons. The van der Waals surface area contributed by atoms with Crippen LogP contribution < -0.4 is 15.5 Å². The first-order valence-electron chi connectivity index (χ1n) is 10.1. The molecule has 0 aliphatic carbocycles. The van der Waals surface area contributed by atoms with Gasteiger partial charge in [0.25, 0.3) is 0 Å². The average Bonchev–Trinajstić information content (AvgIpc) is 3.45. The standard InChI is InChI=1S/C21H22N6O3S/c28-20(26-17-14-31-19(24-17)15-4-8-22-9-5-15)25-16-2-1-3-18(23-16)27-10-6-21(7-11-27)29-12-13-30-21/h1-5,8-9,14H,6-7,10-13H2,(H2,23,25,26,28). The Kier molecular flexibility index (Phi) is 5.49. The molecule has 0 radical (unpaired) electrons. The maximum Gasteiger partial charge on any atom is 0.326 e. The number of amides is 2. The quantitative estimate of drug-likeness (QED) is 0.642. The van der Waals surface area contributed by atoms with Crippen molar-refractivity contribution in [3.63, 3.8) is 0 Å². The third-order valence-electron chi connectivity index (χ3n) is 5.31. The van der Waals surface area contributed by atoms with E-state index in [1.54, 1.807) is 23.8 Å². The summed E-state index contributed by atoms with van der Waals surface area (Å²) in [5, 5.41) is 8.16. The Balaban J connectivity index is 1.19. The summed E-state index contributed by atoms with van der Waals surface area (Å²) in [6.07, 6.45) is 5.03. The number of carbonyl (C=O) groups excluding carboxylic acids is 1. The van der Waals surface area contributed by atoms with E-state index in [1.807, 2.05) is 24.3 Å². The lowest BCUT2D eigenvalue weighted by Crippen LogP contribution is -2.45. The molecule has 5 heterocycles. The Morgan fingerprint density at radius 2 is 1.74 bits per heavy atom. The first kappa shape index (κ1) is 19.9. The number of aromatic nitrogens is 3. The van der Waals surface area contributed by atoms with Gasteiger partial charge in [0.05, 0.1) is 13.2 Å². The molecule has 2 aliphatic rings. The summed E-state index contributed by atoms with van der Waals surface area (Å²) >= 11 is 1.46. The highest BCUT2D eigenvalue weighted by Crippen LogP contribution is 2.33. The van der Waals surface area contributed by atoms with Gasteiger partial charge in [-0.05, 0) is 24.3 Å². The zero-order valence-corrected chi connectivity index (χ0v) is 17.6. The summed E-state index contributed by atoms with van der Waals surface area (Å²) in [6.45, 7) is 2.91. The van der Waals surface area contributed by atoms with Crippen molar-refractivity contribution in [1.82, 2.24) is 15.0 Å². The summed E-state index contributed by atoms with van der Waals surface area (Å²) in [5.74, 6) is 1.37. The second kappa shape index (κ2) is 8.58. The van der Waals surface area contributed by atoms with Crippen LogP contribution in [0.2, 0.25) is 0 Å². The van der Waals surface area contributed by atoms with Gasteiger partial charge in [0.2, 0.25) is 0 Å². The van der Waals surface area contributed by atoms with Gasteiger partial charge in [-0.25, -0.2) is 14.8 Å². The lowest BCUT2D eigenvalue weighted by molar-refractivity contribution is -0.169. The van der Waals surface area contributed by atoms with Gasteiger partial charge in [-0.15, -0.1) is 11.3 Å². The second-order valence-electron chi connectivity index (χ2n) is 7.33. The zero-order valence-electron chi connectivity index (χ0n) is 16.8. The van der Waals surface area contributed by atoms with Gasteiger partial charge in [-0.1, -0.05) is 6.07 Å². The molecule has 31 heavy (non-hydrogen) atoms. The van der Waals surface area contributed by atoms with E-state index in [2.05, 4.69) is 30.5 Å². The van der Waals surface area contributed by atoms with Crippen LogP contribution in [0.3, 0.4) is 0 Å². The van der Waals surface area contributed by atoms with E-state index in [0.717, 1.165) is 42.3 Å². The van der Waals surface area contributed by atoms with Crippen molar-refractivity contribution in [2.24, 2.45) is 0 Å². The molecule has 2 amide bonds. The molecule has 3 aromatic heterocycles. The first-order valence-corrected chi connectivity index (χ1v) is 11.0. The molecular weight excluding hydrogens is 416 g/mol. The molecule has 3 aromatic rings. The summed E-state index contributed by atoms with van der Waals surface area (Å²) < 4.78 is 11.6. The van der Waals surface area contributed by atoms with Crippen molar-refractivity contribution in [2.45, 2.75) is 18.6 Å². The molecule has 0 saturated carbocycles. The second-order valence-corrected chi connectivity index (χ2v) is 8.19. The SMILES string of the molecule is O=C(Nc1cccc(N2CCC3(CC2)OCCO3)n1)Nc1csc(-c2ccncc2)n1. The lowest BCUT2D eigenvalue weighted by Gasteiger charge is -2.38. The normalized spacial score (nSPS) is 17.6. The molecule has 0 atom stereocenters. The van der Waals surface area contributed by atoms with E-state index in [1.165, 1.54) is 11.3 Å². The van der Waals surface area contributed by atoms with Gasteiger partial charge in [-0.3, -0.25) is 15.6 Å². The fourth-order valence-electron chi connectivity index (χ4n) is 3.75. The highest BCUT2D eigenvalue weighted by Gasteiger charge is 2.40. The van der Waals surface area contributed by atoms with Crippen LogP contribution in [0.5, 0.6) is 0 Å². The predicted molar refractivity (Wildman–Crippen MR) is 118 cm³/mol. The van der Waals surface area contributed by atoms with Crippen molar-refractivity contribution >= 4 is 34.8 Å². The van der Waals surface area contributed by atoms with Crippen molar-refractivity contribution in [2.75, 3.05) is 41.8 Å². The number of anilines is 3. The van der Waals surface area contributed by atoms with Gasteiger partial charge in [0.15, 0.2) is 5.79 Å². The van der Waals surface area contributed by atoms with Crippen LogP contribution in [0, 0.1) is 0 Å². The van der Waals surface area contributed by atoms with Crippen LogP contribution >= 0.6 is 11.3 Å². The highest BCUT2D eigenvalue weighted by molar-refractivity contribution is 7.13. The minimum absolute atomic E-state index is 0.387. The number of hydrogen-bond acceptors (Lipinski definition) is 8. The Morgan fingerprint density at radius 3 is 2.52 bits per heavy atom. The number of hydrogen-bond donors (Lipinski definition) is 2.